The van der Waals surface area contributed by atoms with E-state index in [0.29, 0.717) is 5.69 Å². The number of halogens is 1. The molecule has 0 spiro atoms. The molecule has 0 bridgehead atoms. The number of amides is 4. The lowest BCUT2D eigenvalue weighted by molar-refractivity contribution is -0.125. The second-order valence-corrected chi connectivity index (χ2v) is 4.62. The van der Waals surface area contributed by atoms with Gasteiger partial charge in [-0.05, 0) is 24.6 Å². The maximum Gasteiger partial charge on any atom is 0.324 e. The molecule has 1 unspecified atom stereocenters. The minimum Gasteiger partial charge on any atom is -0.329 e. The third-order valence-electron chi connectivity index (χ3n) is 2.89. The summed E-state index contributed by atoms with van der Waals surface area (Å²) in [6.45, 7) is 1.79. The van der Waals surface area contributed by atoms with Crippen molar-refractivity contribution < 1.29 is 14.4 Å². The highest BCUT2D eigenvalue weighted by molar-refractivity contribution is 6.01. The van der Waals surface area contributed by atoms with Crippen LogP contribution < -0.4 is 16.4 Å². The van der Waals surface area contributed by atoms with E-state index >= 15 is 0 Å². The Labute approximate surface area is 128 Å². The molecule has 0 radical (unpaired) electrons. The first-order valence-corrected chi connectivity index (χ1v) is 6.21. The van der Waals surface area contributed by atoms with Gasteiger partial charge in [-0.1, -0.05) is 12.1 Å². The number of anilines is 1. The molecule has 7 nitrogen and oxygen atoms in total. The number of imide groups is 1. The molecule has 1 heterocycles. The highest BCUT2D eigenvalue weighted by Gasteiger charge is 2.28. The fourth-order valence-corrected chi connectivity index (χ4v) is 1.80. The fourth-order valence-electron chi connectivity index (χ4n) is 1.80. The highest BCUT2D eigenvalue weighted by atomic mass is 35.5. The van der Waals surface area contributed by atoms with Crippen LogP contribution in [0.5, 0.6) is 0 Å². The van der Waals surface area contributed by atoms with Crippen LogP contribution in [0, 0.1) is 0 Å². The van der Waals surface area contributed by atoms with Gasteiger partial charge in [0.25, 0.3) is 0 Å². The lowest BCUT2D eigenvalue weighted by atomic mass is 10.2. The Morgan fingerprint density at radius 3 is 2.76 bits per heavy atom. The molecule has 1 aromatic carbocycles. The smallest absolute Gasteiger partial charge is 0.324 e. The van der Waals surface area contributed by atoms with Crippen LogP contribution in [0.15, 0.2) is 24.3 Å². The first kappa shape index (κ1) is 16.9. The summed E-state index contributed by atoms with van der Waals surface area (Å²) in [5, 5.41) is 5.11. The van der Waals surface area contributed by atoms with Crippen molar-refractivity contribution in [2.45, 2.75) is 19.5 Å². The van der Waals surface area contributed by atoms with E-state index in [1.165, 1.54) is 0 Å². The molecule has 1 aliphatic heterocycles. The molecular formula is C13H17ClN4O3. The van der Waals surface area contributed by atoms with Gasteiger partial charge in [0.15, 0.2) is 0 Å². The summed E-state index contributed by atoms with van der Waals surface area (Å²) in [6.07, 6.45) is 0. The van der Waals surface area contributed by atoms with Gasteiger partial charge in [0.05, 0.1) is 19.1 Å². The van der Waals surface area contributed by atoms with Crippen molar-refractivity contribution in [3.8, 4) is 0 Å². The number of carbonyl (C=O) groups excluding carboxylic acids is 3. The second-order valence-electron chi connectivity index (χ2n) is 4.62. The number of nitrogens with two attached hydrogens (primary N) is 1. The minimum absolute atomic E-state index is 0. The molecule has 1 saturated heterocycles. The van der Waals surface area contributed by atoms with Crippen molar-refractivity contribution in [3.05, 3.63) is 29.8 Å². The molecule has 0 aromatic heterocycles. The Hall–Kier alpha value is -2.12. The quantitative estimate of drug-likeness (QED) is 0.702. The fraction of sp³-hybridized carbons (Fsp3) is 0.308. The summed E-state index contributed by atoms with van der Waals surface area (Å²) in [4.78, 5) is 35.6. The van der Waals surface area contributed by atoms with Crippen LogP contribution in [0.1, 0.15) is 12.5 Å². The van der Waals surface area contributed by atoms with Gasteiger partial charge in [0, 0.05) is 5.69 Å². The summed E-state index contributed by atoms with van der Waals surface area (Å²) < 4.78 is 0. The van der Waals surface area contributed by atoms with Gasteiger partial charge in [-0.3, -0.25) is 14.5 Å². The van der Waals surface area contributed by atoms with Crippen LogP contribution in [0.3, 0.4) is 0 Å². The van der Waals surface area contributed by atoms with Crippen LogP contribution in [0.2, 0.25) is 0 Å². The van der Waals surface area contributed by atoms with Crippen molar-refractivity contribution in [1.29, 1.82) is 0 Å². The number of nitrogens with one attached hydrogen (secondary N) is 2. The molecule has 0 saturated carbocycles. The lowest BCUT2D eigenvalue weighted by Gasteiger charge is -2.14. The number of carbonyl (C=O) groups is 3. The predicted molar refractivity (Wildman–Crippen MR) is 79.9 cm³/mol. The zero-order chi connectivity index (χ0) is 14.7. The lowest BCUT2D eigenvalue weighted by Crippen LogP contribution is -2.32. The first-order chi connectivity index (χ1) is 9.47. The molecule has 21 heavy (non-hydrogen) atoms. The Bertz CT molecular complexity index is 546. The Balaban J connectivity index is 0.00000220. The Morgan fingerprint density at radius 1 is 1.48 bits per heavy atom. The largest absolute Gasteiger partial charge is 0.329 e. The first-order valence-electron chi connectivity index (χ1n) is 6.21. The third kappa shape index (κ3) is 4.17. The van der Waals surface area contributed by atoms with Crippen molar-refractivity contribution in [1.82, 2.24) is 10.2 Å². The summed E-state index contributed by atoms with van der Waals surface area (Å²) in [6, 6.07) is 5.93. The zero-order valence-corrected chi connectivity index (χ0v) is 12.3. The minimum atomic E-state index is -0.607. The number of benzene rings is 1. The average molecular weight is 313 g/mol. The molecule has 1 aliphatic rings. The highest BCUT2D eigenvalue weighted by Crippen LogP contribution is 2.14. The number of hydrogen-bond donors (Lipinski definition) is 3. The van der Waals surface area contributed by atoms with Gasteiger partial charge in [0.2, 0.25) is 11.8 Å². The summed E-state index contributed by atoms with van der Waals surface area (Å²) in [7, 11) is 0. The molecule has 4 N–H and O–H groups in total. The van der Waals surface area contributed by atoms with Crippen molar-refractivity contribution >= 4 is 35.9 Å². The number of hydrogen-bond acceptors (Lipinski definition) is 4. The van der Waals surface area contributed by atoms with E-state index in [9.17, 15) is 14.4 Å². The standard InChI is InChI=1S/C13H16N4O3.ClH/c1-8(14)12(19)16-10-4-2-3-9(5-10)7-17-11(18)6-15-13(17)20;/h2-5,8H,6-7,14H2,1H3,(H,15,20)(H,16,19);1H. The van der Waals surface area contributed by atoms with E-state index in [2.05, 4.69) is 10.6 Å². The van der Waals surface area contributed by atoms with Crippen molar-refractivity contribution in [2.24, 2.45) is 5.73 Å². The van der Waals surface area contributed by atoms with E-state index in [1.807, 2.05) is 0 Å². The van der Waals surface area contributed by atoms with Crippen LogP contribution in [0.25, 0.3) is 0 Å². The van der Waals surface area contributed by atoms with E-state index in [0.717, 1.165) is 10.5 Å². The normalized spacial score (nSPS) is 15.2. The van der Waals surface area contributed by atoms with Crippen LogP contribution in [-0.2, 0) is 16.1 Å². The van der Waals surface area contributed by atoms with Crippen LogP contribution >= 0.6 is 12.4 Å². The number of rotatable bonds is 4. The summed E-state index contributed by atoms with van der Waals surface area (Å²) in [5.41, 5.74) is 6.80. The summed E-state index contributed by atoms with van der Waals surface area (Å²) >= 11 is 0. The maximum absolute atomic E-state index is 11.5. The molecule has 1 fully saturated rings. The maximum atomic E-state index is 11.5. The van der Waals surface area contributed by atoms with Crippen molar-refractivity contribution in [2.75, 3.05) is 11.9 Å². The van der Waals surface area contributed by atoms with Crippen LogP contribution in [-0.4, -0.2) is 35.3 Å². The topological polar surface area (TPSA) is 105 Å². The van der Waals surface area contributed by atoms with Gasteiger partial charge in [-0.25, -0.2) is 4.79 Å². The van der Waals surface area contributed by atoms with E-state index in [-0.39, 0.29) is 37.3 Å². The monoisotopic (exact) mass is 312 g/mol. The van der Waals surface area contributed by atoms with E-state index in [1.54, 1.807) is 31.2 Å². The third-order valence-corrected chi connectivity index (χ3v) is 2.89. The average Bonchev–Trinajstić information content (AvgIpc) is 2.71. The second kappa shape index (κ2) is 7.05. The number of urea groups is 1. The zero-order valence-electron chi connectivity index (χ0n) is 11.5. The van der Waals surface area contributed by atoms with Crippen LogP contribution in [0.4, 0.5) is 10.5 Å². The SMILES string of the molecule is CC(N)C(=O)Nc1cccc(CN2C(=O)CNC2=O)c1.Cl. The Morgan fingerprint density at radius 2 is 2.19 bits per heavy atom. The van der Waals surface area contributed by atoms with E-state index < -0.39 is 12.1 Å². The van der Waals surface area contributed by atoms with Gasteiger partial charge in [-0.2, -0.15) is 0 Å². The van der Waals surface area contributed by atoms with Crippen molar-refractivity contribution in [3.63, 3.8) is 0 Å². The molecule has 1 aromatic rings. The molecule has 1 atom stereocenters. The summed E-state index contributed by atoms with van der Waals surface area (Å²) in [5.74, 6) is -0.558. The van der Waals surface area contributed by atoms with Gasteiger partial charge >= 0.3 is 6.03 Å². The molecule has 0 aliphatic carbocycles. The molecule has 2 rings (SSSR count). The molecule has 8 heteroatoms. The Kier molecular flexibility index (Phi) is 5.69. The molecule has 114 valence electrons. The van der Waals surface area contributed by atoms with Gasteiger partial charge < -0.3 is 16.4 Å². The van der Waals surface area contributed by atoms with Gasteiger partial charge in [0.1, 0.15) is 0 Å². The number of nitrogens with zero attached hydrogens (tertiary/aromatic N) is 1. The van der Waals surface area contributed by atoms with E-state index in [4.69, 9.17) is 5.73 Å². The molecular weight excluding hydrogens is 296 g/mol. The predicted octanol–water partition coefficient (Wildman–Crippen LogP) is 0.446. The molecule has 4 amide bonds. The van der Waals surface area contributed by atoms with Gasteiger partial charge in [-0.15, -0.1) is 12.4 Å².